The Kier molecular flexibility index (Phi) is 8.12. The summed E-state index contributed by atoms with van der Waals surface area (Å²) in [6, 6.07) is 10.7. The normalized spacial score (nSPS) is 11.1. The number of carbonyl (C=O) groups is 2. The number of ether oxygens (including phenoxy) is 1. The summed E-state index contributed by atoms with van der Waals surface area (Å²) >= 11 is 1.03. The van der Waals surface area contributed by atoms with Gasteiger partial charge in [-0.1, -0.05) is 13.3 Å². The molecule has 2 N–H and O–H groups in total. The molecule has 0 aliphatic carbocycles. The first kappa shape index (κ1) is 24.3. The molecule has 0 atom stereocenters. The van der Waals surface area contributed by atoms with Crippen molar-refractivity contribution >= 4 is 44.1 Å². The number of unbranched alkanes of at least 4 members (excludes halogenated alkanes) is 1. The molecule has 2 aromatic carbocycles. The molecule has 33 heavy (non-hydrogen) atoms. The van der Waals surface area contributed by atoms with Crippen molar-refractivity contribution in [1.82, 2.24) is 4.98 Å². The minimum atomic E-state index is -3.92. The van der Waals surface area contributed by atoms with Gasteiger partial charge in [0.1, 0.15) is 5.82 Å². The molecule has 1 amide bonds. The third-order valence-corrected chi connectivity index (χ3v) is 6.67. The van der Waals surface area contributed by atoms with Crippen molar-refractivity contribution in [3.05, 3.63) is 71.0 Å². The molecule has 0 unspecified atom stereocenters. The number of thiazole rings is 1. The lowest BCUT2D eigenvalue weighted by molar-refractivity contribution is -0.115. The standard InChI is InChI=1S/C22H22FN3O5S2/c1-2-3-12-31-21(28)15-4-8-17(9-5-15)24-20(27)13-18-14-32-22(25-18)26-33(29,30)19-10-6-16(23)7-11-19/h4-11,14H,2-3,12-13H2,1H3,(H,24,27)(H,25,26). The van der Waals surface area contributed by atoms with E-state index in [-0.39, 0.29) is 22.4 Å². The third kappa shape index (κ3) is 7.09. The van der Waals surface area contributed by atoms with Crippen LogP contribution in [0.4, 0.5) is 15.2 Å². The lowest BCUT2D eigenvalue weighted by Crippen LogP contribution is -2.15. The van der Waals surface area contributed by atoms with Gasteiger partial charge in [0, 0.05) is 11.1 Å². The van der Waals surface area contributed by atoms with Crippen molar-refractivity contribution in [3.8, 4) is 0 Å². The largest absolute Gasteiger partial charge is 0.462 e. The van der Waals surface area contributed by atoms with Crippen molar-refractivity contribution in [1.29, 1.82) is 0 Å². The summed E-state index contributed by atoms with van der Waals surface area (Å²) in [6.07, 6.45) is 1.65. The van der Waals surface area contributed by atoms with Crippen LogP contribution in [0.25, 0.3) is 0 Å². The summed E-state index contributed by atoms with van der Waals surface area (Å²) in [6.45, 7) is 2.37. The summed E-state index contributed by atoms with van der Waals surface area (Å²) in [5.41, 5.74) is 1.27. The second-order valence-electron chi connectivity index (χ2n) is 7.00. The second-order valence-corrected chi connectivity index (χ2v) is 9.54. The lowest BCUT2D eigenvalue weighted by atomic mass is 10.2. The lowest BCUT2D eigenvalue weighted by Gasteiger charge is -2.07. The zero-order valence-electron chi connectivity index (χ0n) is 17.7. The molecule has 0 spiro atoms. The summed E-state index contributed by atoms with van der Waals surface area (Å²) in [4.78, 5) is 28.3. The SMILES string of the molecule is CCCCOC(=O)c1ccc(NC(=O)Cc2csc(NS(=O)(=O)c3ccc(F)cc3)n2)cc1. The fraction of sp³-hybridized carbons (Fsp3) is 0.227. The number of anilines is 2. The Morgan fingerprint density at radius 1 is 1.09 bits per heavy atom. The Morgan fingerprint density at radius 3 is 2.45 bits per heavy atom. The van der Waals surface area contributed by atoms with E-state index in [9.17, 15) is 22.4 Å². The van der Waals surface area contributed by atoms with E-state index < -0.39 is 21.8 Å². The van der Waals surface area contributed by atoms with Crippen molar-refractivity contribution in [2.75, 3.05) is 16.6 Å². The Morgan fingerprint density at radius 2 is 1.79 bits per heavy atom. The minimum Gasteiger partial charge on any atom is -0.462 e. The van der Waals surface area contributed by atoms with Crippen molar-refractivity contribution in [2.45, 2.75) is 31.1 Å². The van der Waals surface area contributed by atoms with Crippen molar-refractivity contribution in [2.24, 2.45) is 0 Å². The van der Waals surface area contributed by atoms with E-state index in [0.717, 1.165) is 48.4 Å². The number of nitrogens with zero attached hydrogens (tertiary/aromatic N) is 1. The van der Waals surface area contributed by atoms with E-state index in [1.165, 1.54) is 0 Å². The molecule has 174 valence electrons. The molecule has 8 nitrogen and oxygen atoms in total. The first-order valence-electron chi connectivity index (χ1n) is 10.1. The zero-order valence-corrected chi connectivity index (χ0v) is 19.3. The summed E-state index contributed by atoms with van der Waals surface area (Å²) < 4.78 is 45.2. The molecule has 3 aromatic rings. The number of nitrogens with one attached hydrogen (secondary N) is 2. The maximum absolute atomic E-state index is 13.0. The van der Waals surface area contributed by atoms with E-state index in [4.69, 9.17) is 4.74 Å². The topological polar surface area (TPSA) is 114 Å². The highest BCUT2D eigenvalue weighted by molar-refractivity contribution is 7.93. The molecule has 1 heterocycles. The average molecular weight is 492 g/mol. The number of carbonyl (C=O) groups excluding carboxylic acids is 2. The van der Waals surface area contributed by atoms with Gasteiger partial charge in [0.05, 0.1) is 29.2 Å². The van der Waals surface area contributed by atoms with Gasteiger partial charge in [-0.3, -0.25) is 9.52 Å². The molecule has 0 aliphatic heterocycles. The fourth-order valence-electron chi connectivity index (χ4n) is 2.67. The molecule has 0 radical (unpaired) electrons. The van der Waals surface area contributed by atoms with E-state index >= 15 is 0 Å². The predicted molar refractivity (Wildman–Crippen MR) is 123 cm³/mol. The van der Waals surface area contributed by atoms with E-state index in [0.29, 0.717) is 23.6 Å². The Bertz CT molecular complexity index is 1210. The van der Waals surface area contributed by atoms with Gasteiger partial charge < -0.3 is 10.1 Å². The van der Waals surface area contributed by atoms with E-state index in [2.05, 4.69) is 15.0 Å². The van der Waals surface area contributed by atoms with E-state index in [1.54, 1.807) is 29.6 Å². The molecule has 0 saturated heterocycles. The number of esters is 1. The van der Waals surface area contributed by atoms with Crippen LogP contribution in [-0.2, 0) is 26.0 Å². The van der Waals surface area contributed by atoms with Gasteiger partial charge in [0.15, 0.2) is 5.13 Å². The first-order chi connectivity index (χ1) is 15.8. The van der Waals surface area contributed by atoms with Gasteiger partial charge in [-0.2, -0.15) is 0 Å². The molecule has 0 fully saturated rings. The van der Waals surface area contributed by atoms with Crippen molar-refractivity contribution in [3.63, 3.8) is 0 Å². The quantitative estimate of drug-likeness (QED) is 0.324. The highest BCUT2D eigenvalue weighted by atomic mass is 32.2. The van der Waals surface area contributed by atoms with Crippen LogP contribution < -0.4 is 10.0 Å². The van der Waals surface area contributed by atoms with Gasteiger partial charge in [0.25, 0.3) is 10.0 Å². The number of sulfonamides is 1. The van der Waals surface area contributed by atoms with Crippen LogP contribution in [-0.4, -0.2) is 31.9 Å². The van der Waals surface area contributed by atoms with Gasteiger partial charge in [-0.05, 0) is 55.0 Å². The molecule has 11 heteroatoms. The summed E-state index contributed by atoms with van der Waals surface area (Å²) in [5, 5.41) is 4.35. The number of benzene rings is 2. The highest BCUT2D eigenvalue weighted by Gasteiger charge is 2.17. The molecule has 0 bridgehead atoms. The number of rotatable bonds is 10. The molecule has 0 aliphatic rings. The zero-order chi connectivity index (χ0) is 23.8. The second kappa shape index (κ2) is 11.0. The fourth-order valence-corrected chi connectivity index (χ4v) is 4.64. The number of aromatic nitrogens is 1. The maximum Gasteiger partial charge on any atom is 0.338 e. The van der Waals surface area contributed by atoms with E-state index in [1.807, 2.05) is 6.92 Å². The number of amides is 1. The van der Waals surface area contributed by atoms with Crippen LogP contribution in [0.1, 0.15) is 35.8 Å². The first-order valence-corrected chi connectivity index (χ1v) is 12.4. The molecule has 3 rings (SSSR count). The van der Waals surface area contributed by atoms with Crippen LogP contribution in [0.2, 0.25) is 0 Å². The van der Waals surface area contributed by atoms with Gasteiger partial charge in [-0.25, -0.2) is 22.6 Å². The molecular weight excluding hydrogens is 469 g/mol. The molecule has 1 aromatic heterocycles. The molecular formula is C22H22FN3O5S2. The number of halogens is 1. The van der Waals surface area contributed by atoms with Crippen LogP contribution in [0.3, 0.4) is 0 Å². The maximum atomic E-state index is 13.0. The Balaban J connectivity index is 1.54. The van der Waals surface area contributed by atoms with Crippen LogP contribution >= 0.6 is 11.3 Å². The van der Waals surface area contributed by atoms with Crippen molar-refractivity contribution < 1.29 is 27.1 Å². The smallest absolute Gasteiger partial charge is 0.338 e. The predicted octanol–water partition coefficient (Wildman–Crippen LogP) is 4.22. The van der Waals surface area contributed by atoms with Gasteiger partial charge in [0.2, 0.25) is 5.91 Å². The van der Waals surface area contributed by atoms with Crippen LogP contribution in [0.15, 0.2) is 58.8 Å². The monoisotopic (exact) mass is 491 g/mol. The average Bonchev–Trinajstić information content (AvgIpc) is 3.20. The minimum absolute atomic E-state index is 0.0738. The highest BCUT2D eigenvalue weighted by Crippen LogP contribution is 2.21. The number of hydrogen-bond donors (Lipinski definition) is 2. The Hall–Kier alpha value is -3.31. The van der Waals surface area contributed by atoms with Gasteiger partial charge >= 0.3 is 5.97 Å². The van der Waals surface area contributed by atoms with Crippen LogP contribution in [0, 0.1) is 5.82 Å². The molecule has 0 saturated carbocycles. The number of hydrogen-bond acceptors (Lipinski definition) is 7. The third-order valence-electron chi connectivity index (χ3n) is 4.37. The Labute approximate surface area is 194 Å². The van der Waals surface area contributed by atoms with Crippen LogP contribution in [0.5, 0.6) is 0 Å². The summed E-state index contributed by atoms with van der Waals surface area (Å²) in [5.74, 6) is -1.32. The van der Waals surface area contributed by atoms with Gasteiger partial charge in [-0.15, -0.1) is 11.3 Å². The summed E-state index contributed by atoms with van der Waals surface area (Å²) in [7, 11) is -3.92.